The van der Waals surface area contributed by atoms with E-state index < -0.39 is 5.97 Å². The van der Waals surface area contributed by atoms with Gasteiger partial charge in [-0.05, 0) is 51.4 Å². The van der Waals surface area contributed by atoms with Crippen molar-refractivity contribution >= 4 is 5.97 Å². The number of carboxylic acids is 1. The first-order chi connectivity index (χ1) is 19.8. The molecule has 2 heteroatoms. The Morgan fingerprint density at radius 2 is 0.675 bits per heavy atom. The van der Waals surface area contributed by atoms with Crippen LogP contribution in [0.4, 0.5) is 0 Å². The van der Waals surface area contributed by atoms with Gasteiger partial charge >= 0.3 is 5.97 Å². The van der Waals surface area contributed by atoms with E-state index in [1.165, 1.54) is 116 Å². The quantitative estimate of drug-likeness (QED) is 0.0683. The summed E-state index contributed by atoms with van der Waals surface area (Å²) in [6.07, 6.45) is 55.0. The minimum absolute atomic E-state index is 0.340. The van der Waals surface area contributed by atoms with Crippen LogP contribution in [0, 0.1) is 0 Å². The molecule has 0 amide bonds. The number of hydrogen-bond acceptors (Lipinski definition) is 1. The Kier molecular flexibility index (Phi) is 33.6. The molecule has 0 spiro atoms. The molecule has 1 N–H and O–H groups in total. The van der Waals surface area contributed by atoms with Crippen molar-refractivity contribution in [2.24, 2.45) is 0 Å². The molecule has 0 aliphatic rings. The molecule has 0 bridgehead atoms. The molecular weight excluding hydrogens is 488 g/mol. The van der Waals surface area contributed by atoms with Gasteiger partial charge in [-0.3, -0.25) is 4.79 Å². The number of unbranched alkanes of at least 4 members (excludes halogenated alkanes) is 19. The SMILES string of the molecule is CCC=CCC=CCC=CCC=CCC=CCCCCCCCCCCCCCCCCCCCCCC(=O)O. The summed E-state index contributed by atoms with van der Waals surface area (Å²) in [5.74, 6) is -0.653. The molecule has 0 fully saturated rings. The Labute approximate surface area is 250 Å². The number of hydrogen-bond donors (Lipinski definition) is 1. The maximum atomic E-state index is 10.5. The van der Waals surface area contributed by atoms with E-state index in [4.69, 9.17) is 5.11 Å². The number of aliphatic carboxylic acids is 1. The van der Waals surface area contributed by atoms with Gasteiger partial charge in [0.15, 0.2) is 0 Å². The minimum Gasteiger partial charge on any atom is -0.481 e. The molecule has 0 aromatic carbocycles. The lowest BCUT2D eigenvalue weighted by Gasteiger charge is -2.04. The van der Waals surface area contributed by atoms with Gasteiger partial charge in [-0.2, -0.15) is 0 Å². The van der Waals surface area contributed by atoms with Crippen LogP contribution in [0.25, 0.3) is 0 Å². The van der Waals surface area contributed by atoms with Gasteiger partial charge in [0.2, 0.25) is 0 Å². The third-order valence-corrected chi connectivity index (χ3v) is 7.42. The van der Waals surface area contributed by atoms with Crippen LogP contribution in [0.2, 0.25) is 0 Å². The molecule has 0 aliphatic carbocycles. The summed E-state index contributed by atoms with van der Waals surface area (Å²) < 4.78 is 0. The van der Waals surface area contributed by atoms with Crippen LogP contribution in [0.1, 0.15) is 174 Å². The lowest BCUT2D eigenvalue weighted by molar-refractivity contribution is -0.137. The van der Waals surface area contributed by atoms with Crippen molar-refractivity contribution in [3.8, 4) is 0 Å². The van der Waals surface area contributed by atoms with Crippen LogP contribution in [-0.4, -0.2) is 11.1 Å². The van der Waals surface area contributed by atoms with Crippen LogP contribution in [0.3, 0.4) is 0 Å². The fourth-order valence-electron chi connectivity index (χ4n) is 4.91. The van der Waals surface area contributed by atoms with E-state index in [-0.39, 0.29) is 0 Å². The van der Waals surface area contributed by atoms with E-state index in [0.717, 1.165) is 44.9 Å². The first-order valence-corrected chi connectivity index (χ1v) is 17.2. The van der Waals surface area contributed by atoms with Crippen molar-refractivity contribution in [2.45, 2.75) is 174 Å². The molecule has 0 aliphatic heterocycles. The zero-order chi connectivity index (χ0) is 29.0. The van der Waals surface area contributed by atoms with Crippen molar-refractivity contribution in [3.63, 3.8) is 0 Å². The van der Waals surface area contributed by atoms with Crippen LogP contribution < -0.4 is 0 Å². The summed E-state index contributed by atoms with van der Waals surface area (Å²) in [5.41, 5.74) is 0. The lowest BCUT2D eigenvalue weighted by atomic mass is 10.0. The standard InChI is InChI=1S/C38H66O2/c1-2-3-4-5-6-7-8-9-10-11-12-13-14-15-16-17-18-19-20-21-22-23-24-25-26-27-28-29-30-31-32-33-34-35-36-37-38(39)40/h3-4,6-7,9-10,12-13,15-16H,2,5,8,11,14,17-37H2,1H3,(H,39,40). The van der Waals surface area contributed by atoms with Crippen LogP contribution in [0.5, 0.6) is 0 Å². The summed E-state index contributed by atoms with van der Waals surface area (Å²) in [6, 6.07) is 0. The normalized spacial score (nSPS) is 12.4. The highest BCUT2D eigenvalue weighted by Gasteiger charge is 1.97. The Bertz CT molecular complexity index is 652. The second kappa shape index (κ2) is 35.2. The van der Waals surface area contributed by atoms with Gasteiger partial charge in [-0.25, -0.2) is 0 Å². The molecular formula is C38H66O2. The number of rotatable bonds is 31. The van der Waals surface area contributed by atoms with Gasteiger partial charge in [-0.15, -0.1) is 0 Å². The second-order valence-electron chi connectivity index (χ2n) is 11.4. The van der Waals surface area contributed by atoms with Crippen molar-refractivity contribution in [1.82, 2.24) is 0 Å². The Morgan fingerprint density at radius 3 is 1.00 bits per heavy atom. The van der Waals surface area contributed by atoms with Crippen molar-refractivity contribution in [3.05, 3.63) is 60.8 Å². The van der Waals surface area contributed by atoms with E-state index in [1.807, 2.05) is 0 Å². The molecule has 2 nitrogen and oxygen atoms in total. The molecule has 0 unspecified atom stereocenters. The van der Waals surface area contributed by atoms with E-state index in [1.54, 1.807) is 0 Å². The average Bonchev–Trinajstić information content (AvgIpc) is 2.95. The van der Waals surface area contributed by atoms with E-state index in [9.17, 15) is 4.79 Å². The smallest absolute Gasteiger partial charge is 0.303 e. The van der Waals surface area contributed by atoms with Gasteiger partial charge in [-0.1, -0.05) is 177 Å². The number of carbonyl (C=O) groups is 1. The van der Waals surface area contributed by atoms with E-state index >= 15 is 0 Å². The minimum atomic E-state index is -0.653. The summed E-state index contributed by atoms with van der Waals surface area (Å²) in [4.78, 5) is 10.5. The maximum Gasteiger partial charge on any atom is 0.303 e. The molecule has 230 valence electrons. The zero-order valence-electron chi connectivity index (χ0n) is 26.5. The highest BCUT2D eigenvalue weighted by atomic mass is 16.4. The predicted molar refractivity (Wildman–Crippen MR) is 179 cm³/mol. The Hall–Kier alpha value is -1.83. The molecule has 40 heavy (non-hydrogen) atoms. The third kappa shape index (κ3) is 36.2. The summed E-state index contributed by atoms with van der Waals surface area (Å²) in [5, 5.41) is 8.63. The van der Waals surface area contributed by atoms with Gasteiger partial charge in [0.1, 0.15) is 0 Å². The summed E-state index contributed by atoms with van der Waals surface area (Å²) in [7, 11) is 0. The fourth-order valence-corrected chi connectivity index (χ4v) is 4.91. The molecule has 0 saturated heterocycles. The monoisotopic (exact) mass is 555 g/mol. The summed E-state index contributed by atoms with van der Waals surface area (Å²) >= 11 is 0. The fraction of sp³-hybridized carbons (Fsp3) is 0.711. The van der Waals surface area contributed by atoms with Crippen molar-refractivity contribution in [1.29, 1.82) is 0 Å². The molecule has 0 aromatic heterocycles. The van der Waals surface area contributed by atoms with Gasteiger partial charge in [0.05, 0.1) is 0 Å². The van der Waals surface area contributed by atoms with Crippen LogP contribution in [0.15, 0.2) is 60.8 Å². The number of carboxylic acid groups (broad SMARTS) is 1. The largest absolute Gasteiger partial charge is 0.481 e. The molecule has 0 aromatic rings. The lowest BCUT2D eigenvalue weighted by Crippen LogP contribution is -1.93. The first-order valence-electron chi connectivity index (χ1n) is 17.2. The predicted octanol–water partition coefficient (Wildman–Crippen LogP) is 13.0. The Balaban J connectivity index is 3.22. The third-order valence-electron chi connectivity index (χ3n) is 7.42. The molecule has 0 rings (SSSR count). The summed E-state index contributed by atoms with van der Waals surface area (Å²) in [6.45, 7) is 2.17. The van der Waals surface area contributed by atoms with Crippen molar-refractivity contribution in [2.75, 3.05) is 0 Å². The second-order valence-corrected chi connectivity index (χ2v) is 11.4. The molecule has 0 heterocycles. The number of allylic oxidation sites excluding steroid dienone is 10. The molecule has 0 radical (unpaired) electrons. The topological polar surface area (TPSA) is 37.3 Å². The van der Waals surface area contributed by atoms with E-state index in [2.05, 4.69) is 67.7 Å². The van der Waals surface area contributed by atoms with Gasteiger partial charge < -0.3 is 5.11 Å². The Morgan fingerprint density at radius 1 is 0.400 bits per heavy atom. The zero-order valence-corrected chi connectivity index (χ0v) is 26.5. The van der Waals surface area contributed by atoms with Gasteiger partial charge in [0.25, 0.3) is 0 Å². The van der Waals surface area contributed by atoms with Crippen molar-refractivity contribution < 1.29 is 9.90 Å². The highest BCUT2D eigenvalue weighted by molar-refractivity contribution is 5.66. The van der Waals surface area contributed by atoms with Crippen LogP contribution in [-0.2, 0) is 4.79 Å². The van der Waals surface area contributed by atoms with E-state index in [0.29, 0.717) is 6.42 Å². The molecule has 0 saturated carbocycles. The first kappa shape index (κ1) is 38.2. The maximum absolute atomic E-state index is 10.5. The molecule has 0 atom stereocenters. The van der Waals surface area contributed by atoms with Crippen LogP contribution >= 0.6 is 0 Å². The highest BCUT2D eigenvalue weighted by Crippen LogP contribution is 2.15. The average molecular weight is 555 g/mol. The van der Waals surface area contributed by atoms with Gasteiger partial charge in [0, 0.05) is 6.42 Å².